The van der Waals surface area contributed by atoms with Gasteiger partial charge >= 0.3 is 0 Å². The van der Waals surface area contributed by atoms with Gasteiger partial charge in [0.25, 0.3) is 5.91 Å². The van der Waals surface area contributed by atoms with E-state index in [4.69, 9.17) is 0 Å². The van der Waals surface area contributed by atoms with Gasteiger partial charge < -0.3 is 14.6 Å². The molecule has 3 heterocycles. The second-order valence-corrected chi connectivity index (χ2v) is 10.3. The number of nitrogens with zero attached hydrogens (tertiary/aromatic N) is 4. The zero-order chi connectivity index (χ0) is 21.4. The van der Waals surface area contributed by atoms with Crippen LogP contribution in [0.4, 0.5) is 5.69 Å². The van der Waals surface area contributed by atoms with Gasteiger partial charge in [0.15, 0.2) is 0 Å². The lowest BCUT2D eigenvalue weighted by atomic mass is 9.91. The third-order valence-corrected chi connectivity index (χ3v) is 7.97. The molecule has 162 valence electrons. The molecule has 0 bridgehead atoms. The molecule has 2 aliphatic heterocycles. The summed E-state index contributed by atoms with van der Waals surface area (Å²) < 4.78 is 28.1. The lowest BCUT2D eigenvalue weighted by Gasteiger charge is -2.38. The van der Waals surface area contributed by atoms with Crippen LogP contribution in [-0.4, -0.2) is 64.9 Å². The van der Waals surface area contributed by atoms with Crippen LogP contribution in [0.15, 0.2) is 36.7 Å². The molecule has 30 heavy (non-hydrogen) atoms. The molecule has 0 spiro atoms. The third-order valence-electron chi connectivity index (χ3n) is 6.10. The monoisotopic (exact) mass is 432 g/mol. The minimum atomic E-state index is -3.32. The van der Waals surface area contributed by atoms with Crippen molar-refractivity contribution in [1.82, 2.24) is 14.5 Å². The fourth-order valence-electron chi connectivity index (χ4n) is 4.23. The van der Waals surface area contributed by atoms with E-state index in [1.54, 1.807) is 35.4 Å². The summed E-state index contributed by atoms with van der Waals surface area (Å²) in [5.74, 6) is 0.866. The molecule has 2 aliphatic rings. The first-order chi connectivity index (χ1) is 14.3. The van der Waals surface area contributed by atoms with Crippen molar-refractivity contribution in [3.63, 3.8) is 0 Å². The lowest BCUT2D eigenvalue weighted by Crippen LogP contribution is -2.48. The zero-order valence-corrected chi connectivity index (χ0v) is 18.0. The molecule has 1 N–H and O–H groups in total. The Bertz CT molecular complexity index is 1030. The lowest BCUT2D eigenvalue weighted by molar-refractivity contribution is -0.0295. The maximum Gasteiger partial charge on any atom is 0.253 e. The molecule has 0 unspecified atom stereocenters. The fraction of sp³-hybridized carbons (Fsp3) is 0.524. The Morgan fingerprint density at radius 2 is 1.97 bits per heavy atom. The van der Waals surface area contributed by atoms with Crippen molar-refractivity contribution in [2.24, 2.45) is 0 Å². The molecule has 1 aromatic heterocycles. The highest BCUT2D eigenvalue weighted by atomic mass is 32.2. The average Bonchev–Trinajstić information content (AvgIpc) is 3.12. The van der Waals surface area contributed by atoms with Gasteiger partial charge in [0.2, 0.25) is 10.0 Å². The molecule has 2 aromatic rings. The standard InChI is InChI=1S/C21H28N4O4S/c1-17-22-9-13-24(17)16-21(27)7-11-23(12-8-21)20(26)18-5-4-6-19(15-18)25-10-2-3-14-30(25,28)29/h4-6,9,13,15,27H,2-3,7-8,10-12,14,16H2,1H3. The molecule has 1 amide bonds. The Balaban J connectivity index is 1.44. The number of anilines is 1. The second-order valence-electron chi connectivity index (χ2n) is 8.26. The van der Waals surface area contributed by atoms with E-state index in [9.17, 15) is 18.3 Å². The van der Waals surface area contributed by atoms with E-state index in [2.05, 4.69) is 4.98 Å². The van der Waals surface area contributed by atoms with Crippen LogP contribution in [0.5, 0.6) is 0 Å². The molecular formula is C21H28N4O4S. The van der Waals surface area contributed by atoms with Gasteiger partial charge in [0, 0.05) is 37.6 Å². The van der Waals surface area contributed by atoms with Gasteiger partial charge in [-0.1, -0.05) is 6.07 Å². The van der Waals surface area contributed by atoms with Crippen LogP contribution in [0.3, 0.4) is 0 Å². The number of piperidine rings is 1. The highest BCUT2D eigenvalue weighted by molar-refractivity contribution is 7.92. The van der Waals surface area contributed by atoms with Crippen molar-refractivity contribution in [3.8, 4) is 0 Å². The first kappa shape index (κ1) is 20.9. The molecule has 0 atom stereocenters. The van der Waals surface area contributed by atoms with E-state index in [-0.39, 0.29) is 11.7 Å². The summed E-state index contributed by atoms with van der Waals surface area (Å²) in [6.45, 7) is 3.72. The highest BCUT2D eigenvalue weighted by Crippen LogP contribution is 2.28. The minimum Gasteiger partial charge on any atom is -0.388 e. The van der Waals surface area contributed by atoms with Crippen LogP contribution >= 0.6 is 0 Å². The van der Waals surface area contributed by atoms with Crippen molar-refractivity contribution >= 4 is 21.6 Å². The predicted octanol–water partition coefficient (Wildman–Crippen LogP) is 1.79. The highest BCUT2D eigenvalue weighted by Gasteiger charge is 2.35. The van der Waals surface area contributed by atoms with Crippen molar-refractivity contribution in [2.75, 3.05) is 29.7 Å². The third kappa shape index (κ3) is 4.22. The van der Waals surface area contributed by atoms with Crippen LogP contribution < -0.4 is 4.31 Å². The molecule has 0 aliphatic carbocycles. The van der Waals surface area contributed by atoms with E-state index in [0.717, 1.165) is 12.2 Å². The van der Waals surface area contributed by atoms with Gasteiger partial charge in [-0.3, -0.25) is 9.10 Å². The Morgan fingerprint density at radius 3 is 2.63 bits per heavy atom. The van der Waals surface area contributed by atoms with Gasteiger partial charge in [0.1, 0.15) is 5.82 Å². The fourth-order valence-corrected chi connectivity index (χ4v) is 5.86. The van der Waals surface area contributed by atoms with E-state index in [1.165, 1.54) is 4.31 Å². The van der Waals surface area contributed by atoms with Crippen LogP contribution in [-0.2, 0) is 16.6 Å². The SMILES string of the molecule is Cc1nccn1CC1(O)CCN(C(=O)c2cccc(N3CCCCS3(=O)=O)c2)CC1. The molecule has 1 aromatic carbocycles. The predicted molar refractivity (Wildman–Crippen MR) is 114 cm³/mol. The van der Waals surface area contributed by atoms with Crippen LogP contribution in [0.1, 0.15) is 41.9 Å². The molecule has 2 saturated heterocycles. The van der Waals surface area contributed by atoms with Gasteiger partial charge in [0.05, 0.1) is 23.6 Å². The summed E-state index contributed by atoms with van der Waals surface area (Å²) in [7, 11) is -3.32. The number of rotatable bonds is 4. The Morgan fingerprint density at radius 1 is 1.20 bits per heavy atom. The summed E-state index contributed by atoms with van der Waals surface area (Å²) in [5, 5.41) is 10.9. The second kappa shape index (κ2) is 8.03. The number of benzene rings is 1. The number of aryl methyl sites for hydroxylation is 1. The van der Waals surface area contributed by atoms with Crippen molar-refractivity contribution in [2.45, 2.75) is 44.8 Å². The van der Waals surface area contributed by atoms with Crippen molar-refractivity contribution in [1.29, 1.82) is 0 Å². The maximum atomic E-state index is 13.0. The van der Waals surface area contributed by atoms with E-state index < -0.39 is 15.6 Å². The first-order valence-corrected chi connectivity index (χ1v) is 12.0. The summed E-state index contributed by atoms with van der Waals surface area (Å²) >= 11 is 0. The van der Waals surface area contributed by atoms with Gasteiger partial charge in [-0.15, -0.1) is 0 Å². The molecule has 2 fully saturated rings. The summed E-state index contributed by atoms with van der Waals surface area (Å²) in [5.41, 5.74) is 0.153. The molecule has 9 heteroatoms. The minimum absolute atomic E-state index is 0.132. The number of aromatic nitrogens is 2. The number of imidazole rings is 1. The van der Waals surface area contributed by atoms with Crippen LogP contribution in [0.2, 0.25) is 0 Å². The Hall–Kier alpha value is -2.39. The average molecular weight is 433 g/mol. The van der Waals surface area contributed by atoms with Crippen LogP contribution in [0.25, 0.3) is 0 Å². The molecule has 0 saturated carbocycles. The first-order valence-electron chi connectivity index (χ1n) is 10.4. The number of hydrogen-bond donors (Lipinski definition) is 1. The van der Waals surface area contributed by atoms with Crippen LogP contribution in [0, 0.1) is 6.92 Å². The van der Waals surface area contributed by atoms with E-state index >= 15 is 0 Å². The summed E-state index contributed by atoms with van der Waals surface area (Å²) in [4.78, 5) is 19.0. The number of hydrogen-bond acceptors (Lipinski definition) is 5. The van der Waals surface area contributed by atoms with Crippen molar-refractivity contribution in [3.05, 3.63) is 48.0 Å². The number of likely N-dealkylation sites (tertiary alicyclic amines) is 1. The number of carbonyl (C=O) groups is 1. The Kier molecular flexibility index (Phi) is 5.59. The molecule has 0 radical (unpaired) electrons. The number of amides is 1. The smallest absolute Gasteiger partial charge is 0.253 e. The van der Waals surface area contributed by atoms with Crippen molar-refractivity contribution < 1.29 is 18.3 Å². The number of aliphatic hydroxyl groups is 1. The topological polar surface area (TPSA) is 95.7 Å². The van der Waals surface area contributed by atoms with E-state index in [1.807, 2.05) is 17.7 Å². The molecular weight excluding hydrogens is 404 g/mol. The van der Waals surface area contributed by atoms with Gasteiger partial charge in [-0.2, -0.15) is 0 Å². The summed E-state index contributed by atoms with van der Waals surface area (Å²) in [6, 6.07) is 6.86. The summed E-state index contributed by atoms with van der Waals surface area (Å²) in [6.07, 6.45) is 6.02. The largest absolute Gasteiger partial charge is 0.388 e. The normalized spacial score (nSPS) is 20.9. The zero-order valence-electron chi connectivity index (χ0n) is 17.2. The maximum absolute atomic E-state index is 13.0. The molecule has 8 nitrogen and oxygen atoms in total. The van der Waals surface area contributed by atoms with Gasteiger partial charge in [-0.05, 0) is 50.8 Å². The molecule has 4 rings (SSSR count). The quantitative estimate of drug-likeness (QED) is 0.795. The Labute approximate surface area is 177 Å². The number of sulfonamides is 1. The van der Waals surface area contributed by atoms with Gasteiger partial charge in [-0.25, -0.2) is 13.4 Å². The number of carbonyl (C=O) groups excluding carboxylic acids is 1. The van der Waals surface area contributed by atoms with E-state index in [0.29, 0.717) is 56.7 Å².